The molecule has 0 aromatic carbocycles. The predicted octanol–water partition coefficient (Wildman–Crippen LogP) is 0.772. The van der Waals surface area contributed by atoms with Crippen LogP contribution in [0.4, 0.5) is 0 Å². The summed E-state index contributed by atoms with van der Waals surface area (Å²) in [6, 6.07) is 0.659. The van der Waals surface area contributed by atoms with Crippen LogP contribution in [-0.2, 0) is 4.79 Å². The maximum atomic E-state index is 10.9. The number of piperidine rings is 2. The van der Waals surface area contributed by atoms with E-state index in [1.165, 1.54) is 39.3 Å². The van der Waals surface area contributed by atoms with E-state index in [0.29, 0.717) is 6.04 Å². The number of aliphatic hydroxyl groups is 1. The molecular formula is C14H26N2O3. The summed E-state index contributed by atoms with van der Waals surface area (Å²) >= 11 is 0. The number of β-amino-alcohol motifs (C(OH)–C–C–N with tert-alkyl or cyclic N) is 1. The van der Waals surface area contributed by atoms with Crippen LogP contribution >= 0.6 is 0 Å². The molecule has 19 heavy (non-hydrogen) atoms. The molecule has 1 unspecified atom stereocenters. The lowest BCUT2D eigenvalue weighted by atomic mass is 9.98. The van der Waals surface area contributed by atoms with Crippen molar-refractivity contribution in [2.24, 2.45) is 0 Å². The van der Waals surface area contributed by atoms with E-state index in [1.54, 1.807) is 0 Å². The number of aliphatic carboxylic acids is 1. The monoisotopic (exact) mass is 270 g/mol. The highest BCUT2D eigenvalue weighted by Gasteiger charge is 2.34. The summed E-state index contributed by atoms with van der Waals surface area (Å²) in [4.78, 5) is 15.6. The van der Waals surface area contributed by atoms with Gasteiger partial charge in [0, 0.05) is 12.6 Å². The van der Waals surface area contributed by atoms with Crippen LogP contribution in [0.2, 0.25) is 0 Å². The normalized spacial score (nSPS) is 27.1. The molecule has 5 heteroatoms. The topological polar surface area (TPSA) is 64.0 Å². The first-order valence-corrected chi connectivity index (χ1v) is 7.41. The third-order valence-corrected chi connectivity index (χ3v) is 4.46. The van der Waals surface area contributed by atoms with Gasteiger partial charge in [-0.2, -0.15) is 0 Å². The fourth-order valence-electron chi connectivity index (χ4n) is 3.23. The highest BCUT2D eigenvalue weighted by molar-refractivity contribution is 5.76. The number of carboxylic acids is 1. The number of hydrogen-bond acceptors (Lipinski definition) is 4. The lowest BCUT2D eigenvalue weighted by molar-refractivity contribution is -0.158. The van der Waals surface area contributed by atoms with Gasteiger partial charge in [0.15, 0.2) is 5.60 Å². The molecule has 2 fully saturated rings. The molecule has 0 saturated carbocycles. The van der Waals surface area contributed by atoms with Crippen molar-refractivity contribution in [2.75, 3.05) is 32.7 Å². The number of rotatable bonds is 4. The van der Waals surface area contributed by atoms with E-state index in [4.69, 9.17) is 5.11 Å². The van der Waals surface area contributed by atoms with Gasteiger partial charge >= 0.3 is 5.97 Å². The van der Waals surface area contributed by atoms with Crippen LogP contribution in [0.25, 0.3) is 0 Å². The quantitative estimate of drug-likeness (QED) is 0.790. The highest BCUT2D eigenvalue weighted by atomic mass is 16.4. The molecule has 0 bridgehead atoms. The van der Waals surface area contributed by atoms with Crippen LogP contribution in [0, 0.1) is 0 Å². The minimum Gasteiger partial charge on any atom is -0.479 e. The van der Waals surface area contributed by atoms with Crippen molar-refractivity contribution in [2.45, 2.75) is 50.7 Å². The van der Waals surface area contributed by atoms with Crippen molar-refractivity contribution >= 4 is 5.97 Å². The minimum absolute atomic E-state index is 0.231. The Morgan fingerprint density at radius 3 is 2.26 bits per heavy atom. The summed E-state index contributed by atoms with van der Waals surface area (Å²) in [5.41, 5.74) is -1.63. The largest absolute Gasteiger partial charge is 0.479 e. The van der Waals surface area contributed by atoms with Crippen LogP contribution in [0.3, 0.4) is 0 Å². The average molecular weight is 270 g/mol. The Balaban J connectivity index is 1.77. The second-order valence-corrected chi connectivity index (χ2v) is 6.18. The third-order valence-electron chi connectivity index (χ3n) is 4.46. The van der Waals surface area contributed by atoms with Gasteiger partial charge in [0.1, 0.15) is 0 Å². The van der Waals surface area contributed by atoms with Gasteiger partial charge in [-0.25, -0.2) is 4.79 Å². The Morgan fingerprint density at radius 2 is 1.74 bits per heavy atom. The van der Waals surface area contributed by atoms with E-state index in [1.807, 2.05) is 0 Å². The van der Waals surface area contributed by atoms with E-state index in [2.05, 4.69) is 9.80 Å². The molecule has 0 aromatic heterocycles. The molecule has 2 saturated heterocycles. The smallest absolute Gasteiger partial charge is 0.336 e. The summed E-state index contributed by atoms with van der Waals surface area (Å²) in [5, 5.41) is 18.7. The van der Waals surface area contributed by atoms with Gasteiger partial charge in [0.05, 0.1) is 0 Å². The lowest BCUT2D eigenvalue weighted by Gasteiger charge is -2.41. The van der Waals surface area contributed by atoms with Crippen LogP contribution < -0.4 is 0 Å². The minimum atomic E-state index is -1.63. The van der Waals surface area contributed by atoms with E-state index < -0.39 is 11.6 Å². The van der Waals surface area contributed by atoms with Gasteiger partial charge < -0.3 is 15.1 Å². The number of hydrogen-bond donors (Lipinski definition) is 2. The van der Waals surface area contributed by atoms with Crippen molar-refractivity contribution in [1.29, 1.82) is 0 Å². The first-order chi connectivity index (χ1) is 8.99. The van der Waals surface area contributed by atoms with E-state index in [0.717, 1.165) is 25.9 Å². The number of nitrogens with zero attached hydrogens (tertiary/aromatic N) is 2. The molecule has 2 aliphatic rings. The van der Waals surface area contributed by atoms with Crippen molar-refractivity contribution in [3.05, 3.63) is 0 Å². The van der Waals surface area contributed by atoms with Crippen LogP contribution in [0.5, 0.6) is 0 Å². The van der Waals surface area contributed by atoms with Gasteiger partial charge in [-0.1, -0.05) is 6.42 Å². The molecular weight excluding hydrogens is 244 g/mol. The Labute approximate surface area is 115 Å². The summed E-state index contributed by atoms with van der Waals surface area (Å²) in [7, 11) is 0. The molecule has 2 rings (SSSR count). The second kappa shape index (κ2) is 6.20. The molecule has 0 aliphatic carbocycles. The zero-order chi connectivity index (χ0) is 13.9. The zero-order valence-electron chi connectivity index (χ0n) is 11.8. The van der Waals surface area contributed by atoms with Crippen LogP contribution in [0.15, 0.2) is 0 Å². The Hall–Kier alpha value is -0.650. The van der Waals surface area contributed by atoms with Crippen molar-refractivity contribution in [3.63, 3.8) is 0 Å². The van der Waals surface area contributed by atoms with E-state index in [-0.39, 0.29) is 6.54 Å². The zero-order valence-corrected chi connectivity index (χ0v) is 11.8. The van der Waals surface area contributed by atoms with Gasteiger partial charge in [0.25, 0.3) is 0 Å². The summed E-state index contributed by atoms with van der Waals surface area (Å²) < 4.78 is 0. The molecule has 2 aliphatic heterocycles. The molecule has 0 amide bonds. The molecule has 0 radical (unpaired) electrons. The molecule has 2 heterocycles. The summed E-state index contributed by atoms with van der Waals surface area (Å²) in [6.07, 6.45) is 6.17. The van der Waals surface area contributed by atoms with Gasteiger partial charge in [-0.15, -0.1) is 0 Å². The molecule has 110 valence electrons. The van der Waals surface area contributed by atoms with Crippen molar-refractivity contribution < 1.29 is 15.0 Å². The SMILES string of the molecule is CC(O)(CN1CCC(N2CCCCC2)CC1)C(=O)O. The van der Waals surface area contributed by atoms with Crippen molar-refractivity contribution in [3.8, 4) is 0 Å². The Bertz CT molecular complexity index is 306. The number of carbonyl (C=O) groups is 1. The van der Waals surface area contributed by atoms with Gasteiger partial charge in [-0.3, -0.25) is 4.90 Å². The first-order valence-electron chi connectivity index (χ1n) is 7.41. The average Bonchev–Trinajstić information content (AvgIpc) is 2.40. The van der Waals surface area contributed by atoms with E-state index in [9.17, 15) is 9.90 Å². The molecule has 2 N–H and O–H groups in total. The number of likely N-dealkylation sites (tertiary alicyclic amines) is 2. The maximum Gasteiger partial charge on any atom is 0.336 e. The third kappa shape index (κ3) is 3.91. The highest BCUT2D eigenvalue weighted by Crippen LogP contribution is 2.21. The standard InChI is InChI=1S/C14H26N2O3/c1-14(19,13(17)18)11-15-9-5-12(6-10-15)16-7-3-2-4-8-16/h12,19H,2-11H2,1H3,(H,17,18). The Kier molecular flexibility index (Phi) is 4.81. The summed E-state index contributed by atoms with van der Waals surface area (Å²) in [5.74, 6) is -1.13. The fraction of sp³-hybridized carbons (Fsp3) is 0.929. The van der Waals surface area contributed by atoms with Gasteiger partial charge in [0.2, 0.25) is 0 Å². The lowest BCUT2D eigenvalue weighted by Crippen LogP contribution is -2.52. The van der Waals surface area contributed by atoms with Gasteiger partial charge in [-0.05, 0) is 58.8 Å². The number of carboxylic acid groups (broad SMARTS) is 1. The second-order valence-electron chi connectivity index (χ2n) is 6.18. The predicted molar refractivity (Wildman–Crippen MR) is 73.1 cm³/mol. The Morgan fingerprint density at radius 1 is 1.16 bits per heavy atom. The summed E-state index contributed by atoms with van der Waals surface area (Å²) in [6.45, 7) is 5.84. The fourth-order valence-corrected chi connectivity index (χ4v) is 3.23. The van der Waals surface area contributed by atoms with Crippen molar-refractivity contribution in [1.82, 2.24) is 9.80 Å². The molecule has 0 spiro atoms. The molecule has 5 nitrogen and oxygen atoms in total. The maximum absolute atomic E-state index is 10.9. The van der Waals surface area contributed by atoms with Crippen LogP contribution in [0.1, 0.15) is 39.0 Å². The molecule has 1 atom stereocenters. The molecule has 0 aromatic rings. The van der Waals surface area contributed by atoms with Crippen LogP contribution in [-0.4, -0.2) is 70.3 Å². The first kappa shape index (κ1) is 14.8. The van der Waals surface area contributed by atoms with E-state index >= 15 is 0 Å².